The highest BCUT2D eigenvalue weighted by atomic mass is 32.2. The van der Waals surface area contributed by atoms with Gasteiger partial charge >= 0.3 is 0 Å². The van der Waals surface area contributed by atoms with Crippen LogP contribution in [0, 0.1) is 11.6 Å². The number of hydrogen-bond acceptors (Lipinski definition) is 8. The van der Waals surface area contributed by atoms with E-state index in [1.54, 1.807) is 12.4 Å². The van der Waals surface area contributed by atoms with Gasteiger partial charge in [0, 0.05) is 56.4 Å². The number of aromatic nitrogens is 1. The Hall–Kier alpha value is -2.82. The summed E-state index contributed by atoms with van der Waals surface area (Å²) in [5.41, 5.74) is 7.79. The van der Waals surface area contributed by atoms with Crippen molar-refractivity contribution in [3.8, 4) is 0 Å². The summed E-state index contributed by atoms with van der Waals surface area (Å²) in [6.45, 7) is 10.3. The number of anilines is 3. The van der Waals surface area contributed by atoms with E-state index in [9.17, 15) is 8.78 Å². The van der Waals surface area contributed by atoms with E-state index in [1.165, 1.54) is 30.3 Å². The van der Waals surface area contributed by atoms with Crippen molar-refractivity contribution in [3.63, 3.8) is 0 Å². The third kappa shape index (κ3) is 6.37. The summed E-state index contributed by atoms with van der Waals surface area (Å²) >= 11 is 1.34. The molecule has 1 aliphatic heterocycles. The molecule has 1 saturated heterocycles. The monoisotopic (exact) mass is 475 g/mol. The molecule has 0 bridgehead atoms. The van der Waals surface area contributed by atoms with Crippen molar-refractivity contribution in [3.05, 3.63) is 66.6 Å². The summed E-state index contributed by atoms with van der Waals surface area (Å²) in [7, 11) is 0. The lowest BCUT2D eigenvalue weighted by Crippen LogP contribution is -2.46. The first-order valence-electron chi connectivity index (χ1n) is 10.8. The number of benzene rings is 1. The Morgan fingerprint density at radius 2 is 2.03 bits per heavy atom. The van der Waals surface area contributed by atoms with Crippen LogP contribution in [0.4, 0.5) is 25.8 Å². The molecule has 178 valence electrons. The van der Waals surface area contributed by atoms with E-state index in [0.29, 0.717) is 5.56 Å². The van der Waals surface area contributed by atoms with E-state index in [1.807, 2.05) is 19.1 Å². The normalized spacial score (nSPS) is 14.9. The molecule has 10 heteroatoms. The molecule has 2 aromatic rings. The van der Waals surface area contributed by atoms with Gasteiger partial charge in [0.05, 0.1) is 23.3 Å². The molecule has 33 heavy (non-hydrogen) atoms. The number of hydrazine groups is 1. The van der Waals surface area contributed by atoms with Crippen LogP contribution >= 0.6 is 11.9 Å². The Morgan fingerprint density at radius 3 is 2.73 bits per heavy atom. The largest absolute Gasteiger partial charge is 0.397 e. The maximum atomic E-state index is 14.9. The Balaban J connectivity index is 1.76. The van der Waals surface area contributed by atoms with E-state index in [2.05, 4.69) is 26.1 Å². The molecule has 0 amide bonds. The first-order chi connectivity index (χ1) is 15.9. The average molecular weight is 476 g/mol. The van der Waals surface area contributed by atoms with Crippen molar-refractivity contribution in [2.75, 3.05) is 53.1 Å². The van der Waals surface area contributed by atoms with Crippen molar-refractivity contribution in [2.45, 2.75) is 13.3 Å². The first kappa shape index (κ1) is 24.8. The van der Waals surface area contributed by atoms with Gasteiger partial charge in [-0.3, -0.25) is 14.9 Å². The predicted molar refractivity (Wildman–Crippen MR) is 135 cm³/mol. The number of pyridine rings is 1. The van der Waals surface area contributed by atoms with Crippen LogP contribution in [0.1, 0.15) is 18.9 Å². The number of hydrogen-bond donors (Lipinski definition) is 3. The Bertz CT molecular complexity index is 977. The van der Waals surface area contributed by atoms with Gasteiger partial charge < -0.3 is 15.4 Å². The van der Waals surface area contributed by atoms with Crippen LogP contribution in [-0.2, 0) is 0 Å². The zero-order chi connectivity index (χ0) is 23.8. The van der Waals surface area contributed by atoms with Crippen molar-refractivity contribution in [1.29, 1.82) is 0 Å². The lowest BCUT2D eigenvalue weighted by atomic mass is 10.2. The van der Waals surface area contributed by atoms with Crippen LogP contribution in [0.3, 0.4) is 0 Å². The van der Waals surface area contributed by atoms with Gasteiger partial charge in [-0.05, 0) is 24.6 Å². The van der Waals surface area contributed by atoms with Crippen molar-refractivity contribution >= 4 is 34.7 Å². The molecule has 0 spiro atoms. The summed E-state index contributed by atoms with van der Waals surface area (Å²) in [6, 6.07) is 4.42. The highest BCUT2D eigenvalue weighted by molar-refractivity contribution is 8.00. The number of nitrogens with one attached hydrogen (secondary N) is 1. The second-order valence-electron chi connectivity index (χ2n) is 7.71. The van der Waals surface area contributed by atoms with E-state index in [0.717, 1.165) is 55.6 Å². The van der Waals surface area contributed by atoms with Gasteiger partial charge in [0.2, 0.25) is 0 Å². The molecule has 7 nitrogen and oxygen atoms in total. The fourth-order valence-electron chi connectivity index (χ4n) is 3.51. The first-order valence-corrected chi connectivity index (χ1v) is 11.8. The standard InChI is InChI=1S/C23H31F2N7S/c1-3-7-30-8-10-31(11-9-30)18-13-17(14-28-15-18)20(26)16-32(27)23-19(24)5-6-21(22(23)25)29-33-12-4-2/h3,5-6,13-16,29H,1,4,7-12,26-27H2,2H3/b20-16-. The van der Waals surface area contributed by atoms with Crippen LogP contribution in [0.25, 0.3) is 5.70 Å². The highest BCUT2D eigenvalue weighted by Gasteiger charge is 2.19. The van der Waals surface area contributed by atoms with Crippen LogP contribution in [0.2, 0.25) is 0 Å². The molecule has 0 radical (unpaired) electrons. The number of rotatable bonds is 10. The fraction of sp³-hybridized carbons (Fsp3) is 0.348. The van der Waals surface area contributed by atoms with Gasteiger partial charge in [0.15, 0.2) is 11.6 Å². The quantitative estimate of drug-likeness (QED) is 0.157. The molecule has 0 atom stereocenters. The second-order valence-corrected chi connectivity index (χ2v) is 8.61. The molecule has 3 rings (SSSR count). The van der Waals surface area contributed by atoms with E-state index in [4.69, 9.17) is 11.6 Å². The average Bonchev–Trinajstić information content (AvgIpc) is 2.81. The van der Waals surface area contributed by atoms with Crippen LogP contribution in [0.15, 0.2) is 49.4 Å². The van der Waals surface area contributed by atoms with Crippen molar-refractivity contribution < 1.29 is 8.78 Å². The number of piperazine rings is 1. The minimum absolute atomic E-state index is 0.159. The van der Waals surface area contributed by atoms with Gasteiger partial charge in [-0.25, -0.2) is 14.6 Å². The number of nitrogens with zero attached hydrogens (tertiary/aromatic N) is 4. The van der Waals surface area contributed by atoms with Crippen LogP contribution < -0.4 is 26.2 Å². The smallest absolute Gasteiger partial charge is 0.175 e. The molecule has 0 aliphatic carbocycles. The zero-order valence-electron chi connectivity index (χ0n) is 18.8. The molecule has 2 heterocycles. The minimum Gasteiger partial charge on any atom is -0.397 e. The molecule has 1 aliphatic rings. The van der Waals surface area contributed by atoms with Gasteiger partial charge in [0.25, 0.3) is 0 Å². The fourth-order valence-corrected chi connectivity index (χ4v) is 4.13. The third-order valence-electron chi connectivity index (χ3n) is 5.27. The van der Waals surface area contributed by atoms with Gasteiger partial charge in [-0.15, -0.1) is 6.58 Å². The molecule has 0 saturated carbocycles. The third-order valence-corrected chi connectivity index (χ3v) is 6.25. The minimum atomic E-state index is -0.783. The number of nitrogens with two attached hydrogens (primary N) is 2. The summed E-state index contributed by atoms with van der Waals surface area (Å²) in [5, 5.41) is 0.871. The van der Waals surface area contributed by atoms with Crippen molar-refractivity contribution in [1.82, 2.24) is 9.88 Å². The maximum Gasteiger partial charge on any atom is 0.175 e. The molecular formula is C23H31F2N7S. The van der Waals surface area contributed by atoms with Crippen LogP contribution in [0.5, 0.6) is 0 Å². The van der Waals surface area contributed by atoms with Crippen molar-refractivity contribution in [2.24, 2.45) is 11.6 Å². The van der Waals surface area contributed by atoms with Gasteiger partial charge in [0.1, 0.15) is 5.69 Å². The molecule has 1 fully saturated rings. The summed E-state index contributed by atoms with van der Waals surface area (Å²) in [6.07, 6.45) is 7.51. The summed E-state index contributed by atoms with van der Waals surface area (Å²) in [4.78, 5) is 8.85. The van der Waals surface area contributed by atoms with Gasteiger partial charge in [-0.1, -0.05) is 24.9 Å². The van der Waals surface area contributed by atoms with E-state index >= 15 is 0 Å². The maximum absolute atomic E-state index is 14.9. The van der Waals surface area contributed by atoms with E-state index < -0.39 is 11.6 Å². The Labute approximate surface area is 198 Å². The molecule has 1 aromatic carbocycles. The Morgan fingerprint density at radius 1 is 1.27 bits per heavy atom. The predicted octanol–water partition coefficient (Wildman–Crippen LogP) is 3.78. The lowest BCUT2D eigenvalue weighted by molar-refractivity contribution is 0.284. The zero-order valence-corrected chi connectivity index (χ0v) is 19.6. The SMILES string of the molecule is C=CCN1CCN(c2cncc(/C(N)=C/N(N)c3c(F)ccc(NSCCC)c3F)c2)CC1. The summed E-state index contributed by atoms with van der Waals surface area (Å²) in [5.74, 6) is 5.22. The van der Waals surface area contributed by atoms with Gasteiger partial charge in [-0.2, -0.15) is 0 Å². The Kier molecular flexibility index (Phi) is 8.93. The van der Waals surface area contributed by atoms with E-state index in [-0.39, 0.29) is 17.1 Å². The molecule has 1 aromatic heterocycles. The topological polar surface area (TPSA) is 86.7 Å². The second kappa shape index (κ2) is 11.9. The summed E-state index contributed by atoms with van der Waals surface area (Å²) < 4.78 is 32.2. The lowest BCUT2D eigenvalue weighted by Gasteiger charge is -2.35. The highest BCUT2D eigenvalue weighted by Crippen LogP contribution is 2.30. The molecular weight excluding hydrogens is 444 g/mol. The molecule has 5 N–H and O–H groups in total. The number of halogens is 2. The molecule has 0 unspecified atom stereocenters. The van der Waals surface area contributed by atoms with Crippen LogP contribution in [-0.4, -0.2) is 48.4 Å².